The van der Waals surface area contributed by atoms with E-state index in [0.717, 1.165) is 6.07 Å². The maximum atomic E-state index is 12.9. The van der Waals surface area contributed by atoms with E-state index < -0.39 is 17.8 Å². The largest absolute Gasteiger partial charge is 0.493 e. The zero-order valence-corrected chi connectivity index (χ0v) is 12.9. The number of nitrogens with zero attached hydrogens (tertiary/aromatic N) is 2. The van der Waals surface area contributed by atoms with Crippen LogP contribution in [0.4, 0.5) is 13.2 Å². The maximum absolute atomic E-state index is 12.9. The van der Waals surface area contributed by atoms with Crippen LogP contribution in [0.2, 0.25) is 0 Å². The first-order chi connectivity index (χ1) is 9.75. The van der Waals surface area contributed by atoms with Crippen LogP contribution in [-0.2, 0) is 13.2 Å². The number of rotatable bonds is 3. The fourth-order valence-corrected chi connectivity index (χ4v) is 2.52. The fourth-order valence-electron chi connectivity index (χ4n) is 2.05. The highest BCUT2D eigenvalue weighted by Gasteiger charge is 2.34. The minimum Gasteiger partial charge on any atom is -0.493 e. The summed E-state index contributed by atoms with van der Waals surface area (Å²) in [7, 11) is 3.11. The highest BCUT2D eigenvalue weighted by molar-refractivity contribution is 9.10. The van der Waals surface area contributed by atoms with Crippen LogP contribution >= 0.6 is 15.9 Å². The summed E-state index contributed by atoms with van der Waals surface area (Å²) in [5.41, 5.74) is 6.14. The Kier molecular flexibility index (Phi) is 4.29. The molecule has 1 aromatic heterocycles. The first-order valence-corrected chi connectivity index (χ1v) is 6.73. The third kappa shape index (κ3) is 3.06. The number of hydrogen-bond acceptors (Lipinski definition) is 3. The molecule has 0 radical (unpaired) electrons. The Morgan fingerprint density at radius 3 is 2.62 bits per heavy atom. The smallest absolute Gasteiger partial charge is 0.417 e. The lowest BCUT2D eigenvalue weighted by atomic mass is 10.0. The first kappa shape index (κ1) is 15.8. The minimum absolute atomic E-state index is 0.0251. The number of hydrogen-bond donors (Lipinski definition) is 1. The molecule has 21 heavy (non-hydrogen) atoms. The standard InChI is InChI=1S/C13H13BrF3N3O/c1-20-12(10(21-2)6-19-20)11(18)7-3-4-9(14)8(5-7)13(15,16)17/h3-6,11H,18H2,1-2H3. The molecule has 0 spiro atoms. The van der Waals surface area contributed by atoms with Gasteiger partial charge in [-0.3, -0.25) is 4.68 Å². The van der Waals surface area contributed by atoms with Crippen molar-refractivity contribution in [1.82, 2.24) is 9.78 Å². The predicted molar refractivity (Wildman–Crippen MR) is 74.9 cm³/mol. The number of aryl methyl sites for hydroxylation is 1. The first-order valence-electron chi connectivity index (χ1n) is 5.93. The number of nitrogens with two attached hydrogens (primary N) is 1. The van der Waals surface area contributed by atoms with Gasteiger partial charge < -0.3 is 10.5 Å². The molecular formula is C13H13BrF3N3O. The molecule has 0 aliphatic heterocycles. The van der Waals surface area contributed by atoms with E-state index in [0.29, 0.717) is 17.0 Å². The molecule has 0 saturated heterocycles. The van der Waals surface area contributed by atoms with E-state index in [1.54, 1.807) is 7.05 Å². The topological polar surface area (TPSA) is 53.1 Å². The molecule has 0 bridgehead atoms. The number of benzene rings is 1. The summed E-state index contributed by atoms with van der Waals surface area (Å²) in [6, 6.07) is 3.13. The van der Waals surface area contributed by atoms with E-state index in [4.69, 9.17) is 10.5 Å². The van der Waals surface area contributed by atoms with Gasteiger partial charge in [0.2, 0.25) is 0 Å². The zero-order chi connectivity index (χ0) is 15.8. The van der Waals surface area contributed by atoms with Gasteiger partial charge in [0.15, 0.2) is 5.75 Å². The van der Waals surface area contributed by atoms with Gasteiger partial charge in [0.1, 0.15) is 5.69 Å². The normalized spacial score (nSPS) is 13.3. The van der Waals surface area contributed by atoms with Crippen molar-refractivity contribution in [3.8, 4) is 5.75 Å². The molecule has 4 nitrogen and oxygen atoms in total. The van der Waals surface area contributed by atoms with Crippen LogP contribution in [0.25, 0.3) is 0 Å². The molecule has 0 saturated carbocycles. The van der Waals surface area contributed by atoms with E-state index in [1.165, 1.54) is 30.1 Å². The van der Waals surface area contributed by atoms with Crippen LogP contribution < -0.4 is 10.5 Å². The van der Waals surface area contributed by atoms with E-state index in [2.05, 4.69) is 21.0 Å². The van der Waals surface area contributed by atoms with Crippen LogP contribution in [0.15, 0.2) is 28.9 Å². The number of aromatic nitrogens is 2. The monoisotopic (exact) mass is 363 g/mol. The predicted octanol–water partition coefficient (Wildman–Crippen LogP) is 3.26. The molecular weight excluding hydrogens is 351 g/mol. The second kappa shape index (κ2) is 5.69. The van der Waals surface area contributed by atoms with Crippen molar-refractivity contribution in [2.45, 2.75) is 12.2 Å². The number of halogens is 4. The SMILES string of the molecule is COc1cnn(C)c1C(N)c1ccc(Br)c(C(F)(F)F)c1. The average molecular weight is 364 g/mol. The summed E-state index contributed by atoms with van der Waals surface area (Å²) in [5.74, 6) is 0.432. The minimum atomic E-state index is -4.45. The third-order valence-electron chi connectivity index (χ3n) is 3.12. The molecule has 2 aromatic rings. The Morgan fingerprint density at radius 2 is 2.05 bits per heavy atom. The summed E-state index contributed by atoms with van der Waals surface area (Å²) in [5, 5.41) is 4.00. The van der Waals surface area contributed by atoms with Gasteiger partial charge in [-0.1, -0.05) is 22.0 Å². The molecule has 2 N–H and O–H groups in total. The van der Waals surface area contributed by atoms with Gasteiger partial charge in [0.05, 0.1) is 24.9 Å². The molecule has 0 amide bonds. The number of methoxy groups -OCH3 is 1. The Labute approximate surface area is 127 Å². The van der Waals surface area contributed by atoms with E-state index in [-0.39, 0.29) is 4.47 Å². The molecule has 0 aliphatic carbocycles. The van der Waals surface area contributed by atoms with Gasteiger partial charge in [-0.2, -0.15) is 18.3 Å². The Morgan fingerprint density at radius 1 is 1.38 bits per heavy atom. The molecule has 1 aromatic carbocycles. The van der Waals surface area contributed by atoms with Crippen molar-refractivity contribution in [3.05, 3.63) is 45.7 Å². The molecule has 8 heteroatoms. The molecule has 114 valence electrons. The van der Waals surface area contributed by atoms with Crippen LogP contribution in [-0.4, -0.2) is 16.9 Å². The highest BCUT2D eigenvalue weighted by atomic mass is 79.9. The molecule has 2 rings (SSSR count). The van der Waals surface area contributed by atoms with Crippen LogP contribution in [0.3, 0.4) is 0 Å². The van der Waals surface area contributed by atoms with Crippen molar-refractivity contribution in [1.29, 1.82) is 0 Å². The van der Waals surface area contributed by atoms with E-state index in [1.807, 2.05) is 0 Å². The van der Waals surface area contributed by atoms with Crippen LogP contribution in [0, 0.1) is 0 Å². The number of ether oxygens (including phenoxy) is 1. The quantitative estimate of drug-likeness (QED) is 0.910. The fraction of sp³-hybridized carbons (Fsp3) is 0.308. The molecule has 0 aliphatic rings. The molecule has 1 atom stereocenters. The van der Waals surface area contributed by atoms with Gasteiger partial charge >= 0.3 is 6.18 Å². The van der Waals surface area contributed by atoms with E-state index in [9.17, 15) is 13.2 Å². The van der Waals surface area contributed by atoms with Crippen molar-refractivity contribution < 1.29 is 17.9 Å². The Hall–Kier alpha value is -1.54. The lowest BCUT2D eigenvalue weighted by Gasteiger charge is -2.17. The van der Waals surface area contributed by atoms with Gasteiger partial charge in [-0.05, 0) is 17.7 Å². The van der Waals surface area contributed by atoms with Crippen molar-refractivity contribution >= 4 is 15.9 Å². The van der Waals surface area contributed by atoms with E-state index >= 15 is 0 Å². The Balaban J connectivity index is 2.49. The molecule has 1 unspecified atom stereocenters. The van der Waals surface area contributed by atoms with Crippen LogP contribution in [0.1, 0.15) is 22.9 Å². The second-order valence-electron chi connectivity index (χ2n) is 4.44. The van der Waals surface area contributed by atoms with Gasteiger partial charge in [-0.15, -0.1) is 0 Å². The summed E-state index contributed by atoms with van der Waals surface area (Å²) >= 11 is 2.90. The summed E-state index contributed by atoms with van der Waals surface area (Å²) < 4.78 is 45.4. The molecule has 0 fully saturated rings. The average Bonchev–Trinajstić information content (AvgIpc) is 2.78. The van der Waals surface area contributed by atoms with Gasteiger partial charge in [0.25, 0.3) is 0 Å². The van der Waals surface area contributed by atoms with Crippen molar-refractivity contribution in [2.75, 3.05) is 7.11 Å². The summed E-state index contributed by atoms with van der Waals surface area (Å²) in [6.45, 7) is 0. The maximum Gasteiger partial charge on any atom is 0.417 e. The zero-order valence-electron chi connectivity index (χ0n) is 11.3. The summed E-state index contributed by atoms with van der Waals surface area (Å²) in [4.78, 5) is 0. The molecule has 1 heterocycles. The number of alkyl halides is 3. The summed E-state index contributed by atoms with van der Waals surface area (Å²) in [6.07, 6.45) is -2.98. The van der Waals surface area contributed by atoms with Crippen molar-refractivity contribution in [2.24, 2.45) is 12.8 Å². The van der Waals surface area contributed by atoms with Gasteiger partial charge in [0, 0.05) is 11.5 Å². The second-order valence-corrected chi connectivity index (χ2v) is 5.29. The Bertz CT molecular complexity index is 655. The lowest BCUT2D eigenvalue weighted by molar-refractivity contribution is -0.138. The lowest BCUT2D eigenvalue weighted by Crippen LogP contribution is -2.18. The third-order valence-corrected chi connectivity index (χ3v) is 3.81. The van der Waals surface area contributed by atoms with Crippen molar-refractivity contribution in [3.63, 3.8) is 0 Å². The highest BCUT2D eigenvalue weighted by Crippen LogP contribution is 2.37. The van der Waals surface area contributed by atoms with Crippen LogP contribution in [0.5, 0.6) is 5.75 Å². The van der Waals surface area contributed by atoms with Gasteiger partial charge in [-0.25, -0.2) is 0 Å².